The Morgan fingerprint density at radius 2 is 2.26 bits per heavy atom. The Kier molecular flexibility index (Phi) is 5.78. The Balaban J connectivity index is 3.05. The molecule has 19 heavy (non-hydrogen) atoms. The van der Waals surface area contributed by atoms with E-state index in [1.165, 1.54) is 24.9 Å². The van der Waals surface area contributed by atoms with Crippen LogP contribution in [0.1, 0.15) is 23.7 Å². The summed E-state index contributed by atoms with van der Waals surface area (Å²) in [5.41, 5.74) is 0.171. The third kappa shape index (κ3) is 4.22. The third-order valence-electron chi connectivity index (χ3n) is 2.51. The van der Waals surface area contributed by atoms with E-state index in [-0.39, 0.29) is 29.0 Å². The summed E-state index contributed by atoms with van der Waals surface area (Å²) in [6, 6.07) is 4.40. The molecule has 1 amide bonds. The van der Waals surface area contributed by atoms with Crippen LogP contribution >= 0.6 is 11.8 Å². The molecule has 1 rings (SSSR count). The predicted octanol–water partition coefficient (Wildman–Crippen LogP) is 1.82. The van der Waals surface area contributed by atoms with Crippen molar-refractivity contribution in [2.24, 2.45) is 0 Å². The van der Waals surface area contributed by atoms with Crippen molar-refractivity contribution in [1.82, 2.24) is 5.32 Å². The molecule has 0 saturated heterocycles. The molecule has 1 aromatic rings. The molecule has 0 fully saturated rings. The summed E-state index contributed by atoms with van der Waals surface area (Å²) >= 11 is 1.32. The molecule has 0 bridgehead atoms. The number of nitro benzene ring substituents is 1. The number of carbonyl (C=O) groups is 1. The van der Waals surface area contributed by atoms with Crippen molar-refractivity contribution in [3.05, 3.63) is 33.9 Å². The molecule has 1 unspecified atom stereocenters. The molecule has 0 heterocycles. The van der Waals surface area contributed by atoms with Gasteiger partial charge in [0.15, 0.2) is 0 Å². The Labute approximate surface area is 115 Å². The average Bonchev–Trinajstić information content (AvgIpc) is 2.38. The van der Waals surface area contributed by atoms with Crippen LogP contribution < -0.4 is 5.32 Å². The van der Waals surface area contributed by atoms with Crippen LogP contribution in [-0.2, 0) is 0 Å². The number of benzene rings is 1. The minimum atomic E-state index is -0.500. The van der Waals surface area contributed by atoms with Crippen LogP contribution in [0.3, 0.4) is 0 Å². The van der Waals surface area contributed by atoms with Crippen molar-refractivity contribution in [2.75, 3.05) is 13.7 Å². The summed E-state index contributed by atoms with van der Waals surface area (Å²) in [6.45, 7) is 1.93. The van der Waals surface area contributed by atoms with Gasteiger partial charge in [0.05, 0.1) is 9.82 Å². The Morgan fingerprint density at radius 3 is 2.79 bits per heavy atom. The Morgan fingerprint density at radius 1 is 1.58 bits per heavy atom. The highest BCUT2D eigenvalue weighted by molar-refractivity contribution is 8.00. The molecule has 0 aromatic heterocycles. The number of aliphatic hydroxyl groups is 1. The first-order chi connectivity index (χ1) is 8.99. The van der Waals surface area contributed by atoms with Gasteiger partial charge in [-0.1, -0.05) is 6.92 Å². The number of nitrogens with zero attached hydrogens (tertiary/aromatic N) is 1. The number of rotatable bonds is 6. The van der Waals surface area contributed by atoms with Crippen molar-refractivity contribution in [1.29, 1.82) is 0 Å². The lowest BCUT2D eigenvalue weighted by Gasteiger charge is -2.10. The first-order valence-electron chi connectivity index (χ1n) is 5.77. The number of nitro groups is 1. The number of amides is 1. The van der Waals surface area contributed by atoms with Gasteiger partial charge in [-0.15, -0.1) is 11.8 Å². The lowest BCUT2D eigenvalue weighted by atomic mass is 10.2. The van der Waals surface area contributed by atoms with E-state index in [4.69, 9.17) is 5.11 Å². The molecule has 0 aliphatic carbocycles. The van der Waals surface area contributed by atoms with E-state index < -0.39 is 4.92 Å². The fourth-order valence-electron chi connectivity index (χ4n) is 1.50. The van der Waals surface area contributed by atoms with Gasteiger partial charge < -0.3 is 10.4 Å². The largest absolute Gasteiger partial charge is 0.396 e. The molecule has 0 radical (unpaired) electrons. The summed E-state index contributed by atoms with van der Waals surface area (Å²) in [7, 11) is 1.47. The van der Waals surface area contributed by atoms with E-state index in [9.17, 15) is 14.9 Å². The van der Waals surface area contributed by atoms with Crippen molar-refractivity contribution < 1.29 is 14.8 Å². The van der Waals surface area contributed by atoms with Gasteiger partial charge in [0, 0.05) is 30.5 Å². The first kappa shape index (κ1) is 15.5. The van der Waals surface area contributed by atoms with Gasteiger partial charge >= 0.3 is 0 Å². The molecule has 0 aliphatic rings. The summed E-state index contributed by atoms with van der Waals surface area (Å²) in [4.78, 5) is 22.5. The second kappa shape index (κ2) is 7.10. The number of aliphatic hydroxyl groups excluding tert-OH is 1. The Bertz CT molecular complexity index is 479. The zero-order valence-electron chi connectivity index (χ0n) is 10.8. The number of nitrogens with one attached hydrogen (secondary N) is 1. The number of thioether (sulfide) groups is 1. The van der Waals surface area contributed by atoms with Crippen LogP contribution in [0.5, 0.6) is 0 Å². The van der Waals surface area contributed by atoms with Crippen molar-refractivity contribution in [2.45, 2.75) is 23.5 Å². The van der Waals surface area contributed by atoms with Gasteiger partial charge in [0.2, 0.25) is 0 Å². The fourth-order valence-corrected chi connectivity index (χ4v) is 2.56. The van der Waals surface area contributed by atoms with Gasteiger partial charge in [-0.3, -0.25) is 14.9 Å². The minimum Gasteiger partial charge on any atom is -0.396 e. The maximum Gasteiger partial charge on any atom is 0.283 e. The van der Waals surface area contributed by atoms with Crippen LogP contribution in [0.25, 0.3) is 0 Å². The maximum atomic E-state index is 11.5. The smallest absolute Gasteiger partial charge is 0.283 e. The molecule has 0 spiro atoms. The molecular weight excluding hydrogens is 268 g/mol. The monoisotopic (exact) mass is 284 g/mol. The molecule has 0 saturated carbocycles. The Hall–Kier alpha value is -1.60. The summed E-state index contributed by atoms with van der Waals surface area (Å²) < 4.78 is 0. The lowest BCUT2D eigenvalue weighted by molar-refractivity contribution is -0.387. The van der Waals surface area contributed by atoms with Gasteiger partial charge in [-0.25, -0.2) is 0 Å². The third-order valence-corrected chi connectivity index (χ3v) is 3.75. The van der Waals surface area contributed by atoms with Gasteiger partial charge in [0.25, 0.3) is 11.6 Å². The molecule has 104 valence electrons. The van der Waals surface area contributed by atoms with E-state index >= 15 is 0 Å². The molecule has 6 nitrogen and oxygen atoms in total. The van der Waals surface area contributed by atoms with Crippen molar-refractivity contribution in [3.8, 4) is 0 Å². The molecular formula is C12H16N2O4S. The highest BCUT2D eigenvalue weighted by Gasteiger charge is 2.19. The van der Waals surface area contributed by atoms with E-state index in [0.717, 1.165) is 0 Å². The zero-order valence-corrected chi connectivity index (χ0v) is 11.6. The lowest BCUT2D eigenvalue weighted by Crippen LogP contribution is -2.17. The average molecular weight is 284 g/mol. The van der Waals surface area contributed by atoms with E-state index in [0.29, 0.717) is 11.3 Å². The van der Waals surface area contributed by atoms with Gasteiger partial charge in [-0.05, 0) is 18.6 Å². The van der Waals surface area contributed by atoms with Gasteiger partial charge in [0.1, 0.15) is 0 Å². The van der Waals surface area contributed by atoms with E-state index in [1.54, 1.807) is 12.1 Å². The standard InChI is InChI=1S/C12H16N2O4S/c1-8(5-6-15)19-11-4-3-9(12(16)13-2)7-10(11)14(17)18/h3-4,7-8,15H,5-6H2,1-2H3,(H,13,16). The first-order valence-corrected chi connectivity index (χ1v) is 6.65. The molecule has 7 heteroatoms. The SMILES string of the molecule is CNC(=O)c1ccc(SC(C)CCO)c([N+](=O)[O-])c1. The normalized spacial score (nSPS) is 11.9. The predicted molar refractivity (Wildman–Crippen MR) is 73.5 cm³/mol. The van der Waals surface area contributed by atoms with Crippen LogP contribution in [-0.4, -0.2) is 34.8 Å². The molecule has 2 N–H and O–H groups in total. The summed E-state index contributed by atoms with van der Waals surface area (Å²) in [5, 5.41) is 22.4. The van der Waals surface area contributed by atoms with Crippen LogP contribution in [0, 0.1) is 10.1 Å². The van der Waals surface area contributed by atoms with E-state index in [1.807, 2.05) is 6.92 Å². The summed E-state index contributed by atoms with van der Waals surface area (Å²) in [6.07, 6.45) is 0.555. The second-order valence-electron chi connectivity index (χ2n) is 3.96. The zero-order chi connectivity index (χ0) is 14.4. The van der Waals surface area contributed by atoms with Crippen LogP contribution in [0.15, 0.2) is 23.1 Å². The number of hydrogen-bond donors (Lipinski definition) is 2. The highest BCUT2D eigenvalue weighted by atomic mass is 32.2. The maximum absolute atomic E-state index is 11.5. The van der Waals surface area contributed by atoms with Gasteiger partial charge in [-0.2, -0.15) is 0 Å². The van der Waals surface area contributed by atoms with Crippen molar-refractivity contribution in [3.63, 3.8) is 0 Å². The quantitative estimate of drug-likeness (QED) is 0.472. The number of hydrogen-bond acceptors (Lipinski definition) is 5. The van der Waals surface area contributed by atoms with Crippen LogP contribution in [0.4, 0.5) is 5.69 Å². The molecule has 1 aromatic carbocycles. The topological polar surface area (TPSA) is 92.5 Å². The fraction of sp³-hybridized carbons (Fsp3) is 0.417. The molecule has 0 aliphatic heterocycles. The van der Waals surface area contributed by atoms with Crippen LogP contribution in [0.2, 0.25) is 0 Å². The van der Waals surface area contributed by atoms with E-state index in [2.05, 4.69) is 5.32 Å². The molecule has 1 atom stereocenters. The minimum absolute atomic E-state index is 0.0400. The second-order valence-corrected chi connectivity index (χ2v) is 5.44. The summed E-state index contributed by atoms with van der Waals surface area (Å²) in [5.74, 6) is -0.358. The number of carbonyl (C=O) groups excluding carboxylic acids is 1. The highest BCUT2D eigenvalue weighted by Crippen LogP contribution is 2.33. The van der Waals surface area contributed by atoms with Crippen molar-refractivity contribution >= 4 is 23.4 Å².